The van der Waals surface area contributed by atoms with Crippen molar-refractivity contribution < 1.29 is 49.8 Å². The Bertz CT molecular complexity index is 515. The van der Waals surface area contributed by atoms with Crippen molar-refractivity contribution in [3.8, 4) is 0 Å². The highest BCUT2D eigenvalue weighted by atomic mass is 16.7. The molecule has 1 unspecified atom stereocenters. The number of amides is 2. The Hall–Kier alpha value is -1.83. The Labute approximate surface area is 142 Å². The average molecular weight is 366 g/mol. The lowest BCUT2D eigenvalue weighted by molar-refractivity contribution is -0.295. The number of aliphatic hydroxyl groups is 5. The highest BCUT2D eigenvalue weighted by Crippen LogP contribution is 2.30. The number of hydrogen-bond donors (Lipinski definition) is 8. The van der Waals surface area contributed by atoms with Gasteiger partial charge in [0.25, 0.3) is 5.79 Å². The maximum Gasteiger partial charge on any atom is 0.364 e. The van der Waals surface area contributed by atoms with Gasteiger partial charge in [-0.2, -0.15) is 0 Å². The van der Waals surface area contributed by atoms with Gasteiger partial charge in [-0.3, -0.25) is 9.59 Å². The lowest BCUT2D eigenvalue weighted by atomic mass is 9.88. The molecule has 0 aromatic heterocycles. The highest BCUT2D eigenvalue weighted by Gasteiger charge is 2.53. The molecule has 1 aliphatic heterocycles. The molecule has 1 rings (SSSR count). The number of aliphatic hydroxyl groups excluding tert-OH is 4. The van der Waals surface area contributed by atoms with Crippen molar-refractivity contribution in [2.75, 3.05) is 13.2 Å². The molecular formula is C13H22N2O10. The third-order valence-corrected chi connectivity index (χ3v) is 3.66. The maximum absolute atomic E-state index is 11.8. The summed E-state index contributed by atoms with van der Waals surface area (Å²) in [5, 5.41) is 61.9. The van der Waals surface area contributed by atoms with Gasteiger partial charge in [0.2, 0.25) is 11.8 Å². The van der Waals surface area contributed by atoms with Crippen molar-refractivity contribution in [3.05, 3.63) is 0 Å². The van der Waals surface area contributed by atoms with Crippen LogP contribution >= 0.6 is 0 Å². The summed E-state index contributed by atoms with van der Waals surface area (Å²) in [6, 6.07) is -1.42. The van der Waals surface area contributed by atoms with Gasteiger partial charge in [0.15, 0.2) is 0 Å². The largest absolute Gasteiger partial charge is 0.477 e. The molecule has 1 aliphatic rings. The fourth-order valence-electron chi connectivity index (χ4n) is 2.34. The molecule has 0 aliphatic carbocycles. The lowest BCUT2D eigenvalue weighted by Gasteiger charge is -2.44. The Balaban J connectivity index is 2.99. The molecule has 6 atom stereocenters. The quantitative estimate of drug-likeness (QED) is 0.216. The third-order valence-electron chi connectivity index (χ3n) is 3.66. The van der Waals surface area contributed by atoms with Gasteiger partial charge in [0, 0.05) is 13.3 Å². The summed E-state index contributed by atoms with van der Waals surface area (Å²) >= 11 is 0. The molecule has 1 saturated heterocycles. The number of hydrogen-bond acceptors (Lipinski definition) is 9. The molecule has 8 N–H and O–H groups in total. The summed E-state index contributed by atoms with van der Waals surface area (Å²) in [5.41, 5.74) is 0. The minimum Gasteiger partial charge on any atom is -0.477 e. The van der Waals surface area contributed by atoms with Gasteiger partial charge in [-0.25, -0.2) is 4.79 Å². The van der Waals surface area contributed by atoms with Crippen molar-refractivity contribution in [2.24, 2.45) is 0 Å². The monoisotopic (exact) mass is 366 g/mol. The minimum atomic E-state index is -2.86. The first kappa shape index (κ1) is 21.2. The Morgan fingerprint density at radius 2 is 1.92 bits per heavy atom. The molecule has 12 heteroatoms. The predicted octanol–water partition coefficient (Wildman–Crippen LogP) is -4.76. The summed E-state index contributed by atoms with van der Waals surface area (Å²) in [7, 11) is 0. The summed E-state index contributed by atoms with van der Waals surface area (Å²) in [4.78, 5) is 33.7. The van der Waals surface area contributed by atoms with E-state index in [4.69, 9.17) is 14.9 Å². The number of rotatable bonds is 7. The lowest BCUT2D eigenvalue weighted by Crippen LogP contribution is -2.67. The van der Waals surface area contributed by atoms with Crippen LogP contribution in [0.4, 0.5) is 0 Å². The summed E-state index contributed by atoms with van der Waals surface area (Å²) in [5.74, 6) is -5.99. The first-order valence-corrected chi connectivity index (χ1v) is 7.34. The predicted molar refractivity (Wildman–Crippen MR) is 77.8 cm³/mol. The number of carboxylic acid groups (broad SMARTS) is 1. The first-order valence-electron chi connectivity index (χ1n) is 7.34. The van der Waals surface area contributed by atoms with Crippen LogP contribution in [0, 0.1) is 0 Å². The van der Waals surface area contributed by atoms with Gasteiger partial charge in [-0.05, 0) is 0 Å². The zero-order valence-electron chi connectivity index (χ0n) is 13.3. The van der Waals surface area contributed by atoms with Crippen LogP contribution in [-0.4, -0.2) is 97.8 Å². The summed E-state index contributed by atoms with van der Waals surface area (Å²) < 4.78 is 4.90. The Kier molecular flexibility index (Phi) is 7.22. The molecule has 25 heavy (non-hydrogen) atoms. The molecule has 0 bridgehead atoms. The van der Waals surface area contributed by atoms with E-state index >= 15 is 0 Å². The molecule has 2 amide bonds. The number of nitrogens with one attached hydrogen (secondary N) is 2. The van der Waals surface area contributed by atoms with Crippen molar-refractivity contribution in [1.82, 2.24) is 10.6 Å². The first-order chi connectivity index (χ1) is 11.5. The average Bonchev–Trinajstić information content (AvgIpc) is 2.53. The molecular weight excluding hydrogens is 344 g/mol. The van der Waals surface area contributed by atoms with Crippen LogP contribution in [0.15, 0.2) is 0 Å². The van der Waals surface area contributed by atoms with Crippen LogP contribution < -0.4 is 10.6 Å². The SMILES string of the molecule is CC(=O)NCC(=O)N[C@H]1C([C@H](O)[C@H](O)CO)O[C@](O)(C(=O)O)C[C@H]1O. The van der Waals surface area contributed by atoms with E-state index < -0.39 is 73.6 Å². The van der Waals surface area contributed by atoms with Crippen molar-refractivity contribution in [3.63, 3.8) is 0 Å². The van der Waals surface area contributed by atoms with E-state index in [0.29, 0.717) is 0 Å². The van der Waals surface area contributed by atoms with E-state index in [1.807, 2.05) is 0 Å². The fraction of sp³-hybridized carbons (Fsp3) is 0.769. The van der Waals surface area contributed by atoms with Gasteiger partial charge < -0.3 is 46.0 Å². The summed E-state index contributed by atoms with van der Waals surface area (Å²) in [6.45, 7) is -0.217. The van der Waals surface area contributed by atoms with E-state index in [9.17, 15) is 34.8 Å². The van der Waals surface area contributed by atoms with E-state index in [2.05, 4.69) is 10.6 Å². The molecule has 0 saturated carbocycles. The minimum absolute atomic E-state index is 0.465. The maximum atomic E-state index is 11.8. The van der Waals surface area contributed by atoms with E-state index in [-0.39, 0.29) is 0 Å². The van der Waals surface area contributed by atoms with Gasteiger partial charge in [0.05, 0.1) is 25.3 Å². The van der Waals surface area contributed by atoms with Gasteiger partial charge in [-0.1, -0.05) is 0 Å². The molecule has 0 aromatic carbocycles. The van der Waals surface area contributed by atoms with Crippen LogP contribution in [-0.2, 0) is 19.1 Å². The van der Waals surface area contributed by atoms with E-state index in [1.54, 1.807) is 0 Å². The van der Waals surface area contributed by atoms with Crippen molar-refractivity contribution in [1.29, 1.82) is 0 Å². The van der Waals surface area contributed by atoms with Crippen LogP contribution in [0.25, 0.3) is 0 Å². The van der Waals surface area contributed by atoms with Crippen LogP contribution in [0.1, 0.15) is 13.3 Å². The van der Waals surface area contributed by atoms with Crippen molar-refractivity contribution in [2.45, 2.75) is 49.6 Å². The summed E-state index contributed by atoms with van der Waals surface area (Å²) in [6.07, 6.45) is -7.97. The van der Waals surface area contributed by atoms with Crippen LogP contribution in [0.2, 0.25) is 0 Å². The molecule has 1 fully saturated rings. The fourth-order valence-corrected chi connectivity index (χ4v) is 2.34. The van der Waals surface area contributed by atoms with Gasteiger partial charge in [0.1, 0.15) is 18.3 Å². The molecule has 0 aromatic rings. The standard InChI is InChI=1S/C13H22N2O10/c1-5(17)14-3-8(20)15-9-6(18)2-13(24,12(22)23)25-11(9)10(21)7(19)4-16/h6-7,9-11,16,18-19,21,24H,2-4H2,1H3,(H,14,17)(H,15,20)(H,22,23)/t6-,7-,9-,10-,11?,13+/m1/s1. The van der Waals surface area contributed by atoms with E-state index in [0.717, 1.165) is 0 Å². The van der Waals surface area contributed by atoms with Crippen LogP contribution in [0.5, 0.6) is 0 Å². The number of ether oxygens (including phenoxy) is 1. The number of aliphatic carboxylic acids is 1. The molecule has 0 spiro atoms. The second-order valence-corrected chi connectivity index (χ2v) is 5.69. The zero-order valence-corrected chi connectivity index (χ0v) is 13.3. The number of carbonyl (C=O) groups excluding carboxylic acids is 2. The number of carbonyl (C=O) groups is 3. The molecule has 12 nitrogen and oxygen atoms in total. The van der Waals surface area contributed by atoms with Crippen molar-refractivity contribution >= 4 is 17.8 Å². The van der Waals surface area contributed by atoms with Gasteiger partial charge >= 0.3 is 5.97 Å². The smallest absolute Gasteiger partial charge is 0.364 e. The Morgan fingerprint density at radius 1 is 1.32 bits per heavy atom. The van der Waals surface area contributed by atoms with Gasteiger partial charge in [-0.15, -0.1) is 0 Å². The zero-order chi connectivity index (χ0) is 19.4. The Morgan fingerprint density at radius 3 is 2.40 bits per heavy atom. The second-order valence-electron chi connectivity index (χ2n) is 5.69. The number of carboxylic acids is 1. The molecule has 144 valence electrons. The third kappa shape index (κ3) is 5.32. The van der Waals surface area contributed by atoms with E-state index in [1.165, 1.54) is 6.92 Å². The highest BCUT2D eigenvalue weighted by molar-refractivity contribution is 5.84. The topological polar surface area (TPSA) is 206 Å². The normalized spacial score (nSPS) is 31.7. The van der Waals surface area contributed by atoms with Crippen LogP contribution in [0.3, 0.4) is 0 Å². The molecule has 0 radical (unpaired) electrons. The second kappa shape index (κ2) is 8.51. The molecule has 1 heterocycles.